The molecule has 1 N–H and O–H groups in total. The van der Waals surface area contributed by atoms with Crippen molar-refractivity contribution in [2.45, 2.75) is 70.8 Å². The molecule has 1 aromatic heterocycles. The molecule has 6 heteroatoms. The second-order valence-corrected chi connectivity index (χ2v) is 12.2. The fourth-order valence-corrected chi connectivity index (χ4v) is 7.66. The molecule has 6 rings (SSSR count). The predicted octanol–water partition coefficient (Wildman–Crippen LogP) is 6.80. The largest absolute Gasteiger partial charge is 0.478 e. The van der Waals surface area contributed by atoms with E-state index in [1.54, 1.807) is 6.07 Å². The highest BCUT2D eigenvalue weighted by Gasteiger charge is 2.31. The lowest BCUT2D eigenvalue weighted by molar-refractivity contribution is 0.0697. The van der Waals surface area contributed by atoms with E-state index in [0.29, 0.717) is 17.4 Å². The number of rotatable bonds is 8. The number of fused-ring (bicyclic) bond motifs is 5. The van der Waals surface area contributed by atoms with E-state index in [4.69, 9.17) is 4.74 Å². The molecule has 1 saturated carbocycles. The summed E-state index contributed by atoms with van der Waals surface area (Å²) >= 11 is 0. The molecule has 1 atom stereocenters. The van der Waals surface area contributed by atoms with E-state index >= 15 is 0 Å². The monoisotopic (exact) mass is 543 g/mol. The van der Waals surface area contributed by atoms with Crippen molar-refractivity contribution in [3.05, 3.63) is 53.1 Å². The maximum atomic E-state index is 12.0. The van der Waals surface area contributed by atoms with Crippen LogP contribution >= 0.6 is 0 Å². The smallest absolute Gasteiger partial charge is 0.335 e. The third-order valence-corrected chi connectivity index (χ3v) is 9.72. The predicted molar refractivity (Wildman–Crippen MR) is 163 cm³/mol. The number of aromatic carboxylic acids is 1. The Balaban J connectivity index is 1.42. The Bertz CT molecular complexity index is 1350. The molecule has 3 aliphatic rings. The van der Waals surface area contributed by atoms with Gasteiger partial charge >= 0.3 is 5.97 Å². The van der Waals surface area contributed by atoms with Crippen molar-refractivity contribution < 1.29 is 14.6 Å². The van der Waals surface area contributed by atoms with E-state index in [9.17, 15) is 9.90 Å². The van der Waals surface area contributed by atoms with Crippen LogP contribution in [0.25, 0.3) is 22.2 Å². The molecule has 214 valence electrons. The van der Waals surface area contributed by atoms with Gasteiger partial charge in [0.2, 0.25) is 0 Å². The number of aryl methyl sites for hydroxylation is 1. The standard InChI is InChI=1S/C34H45N3O3/c1-3-24-11-13-29-30(20-24)36(17-16-35-15-7-8-25(22-35)23-40-2)18-19-37-31-21-27(34(38)39)12-14-28(31)32(33(29)37)26-9-5-4-6-10-26/h11-14,20-21,25-26H,3-10,15-19,22-23H2,1-2H3,(H,38,39). The zero-order valence-corrected chi connectivity index (χ0v) is 24.3. The van der Waals surface area contributed by atoms with Gasteiger partial charge in [-0.2, -0.15) is 0 Å². The quantitative estimate of drug-likeness (QED) is 0.339. The van der Waals surface area contributed by atoms with Gasteiger partial charge in [0, 0.05) is 62.0 Å². The second-order valence-electron chi connectivity index (χ2n) is 12.2. The fraction of sp³-hybridized carbons (Fsp3) is 0.559. The zero-order valence-electron chi connectivity index (χ0n) is 24.3. The third kappa shape index (κ3) is 5.28. The summed E-state index contributed by atoms with van der Waals surface area (Å²) in [6.07, 6.45) is 9.84. The number of likely N-dealkylation sites (tertiary alicyclic amines) is 1. The van der Waals surface area contributed by atoms with Crippen molar-refractivity contribution >= 4 is 22.6 Å². The van der Waals surface area contributed by atoms with Gasteiger partial charge in [0.1, 0.15) is 0 Å². The molecule has 0 spiro atoms. The number of carboxylic acid groups (broad SMARTS) is 1. The Kier molecular flexibility index (Phi) is 8.17. The summed E-state index contributed by atoms with van der Waals surface area (Å²) in [6, 6.07) is 12.9. The summed E-state index contributed by atoms with van der Waals surface area (Å²) in [7, 11) is 1.82. The molecule has 3 aromatic rings. The van der Waals surface area contributed by atoms with E-state index in [2.05, 4.69) is 45.6 Å². The minimum Gasteiger partial charge on any atom is -0.478 e. The molecule has 0 radical (unpaired) electrons. The molecule has 2 aromatic carbocycles. The van der Waals surface area contributed by atoms with Crippen LogP contribution in [-0.2, 0) is 17.7 Å². The summed E-state index contributed by atoms with van der Waals surface area (Å²) in [5.74, 6) is 0.309. The summed E-state index contributed by atoms with van der Waals surface area (Å²) in [6.45, 7) is 9.24. The molecule has 40 heavy (non-hydrogen) atoms. The van der Waals surface area contributed by atoms with Crippen LogP contribution in [-0.4, -0.2) is 67.0 Å². The van der Waals surface area contributed by atoms with Crippen LogP contribution in [0, 0.1) is 5.92 Å². The lowest BCUT2D eigenvalue weighted by Gasteiger charge is -2.34. The Morgan fingerprint density at radius 2 is 1.82 bits per heavy atom. The number of carbonyl (C=O) groups is 1. The average molecular weight is 544 g/mol. The molecule has 6 nitrogen and oxygen atoms in total. The highest BCUT2D eigenvalue weighted by Crippen LogP contribution is 2.47. The Morgan fingerprint density at radius 1 is 0.975 bits per heavy atom. The lowest BCUT2D eigenvalue weighted by atomic mass is 9.81. The molecule has 2 fully saturated rings. The Morgan fingerprint density at radius 3 is 2.60 bits per heavy atom. The minimum atomic E-state index is -0.854. The van der Waals surface area contributed by atoms with Crippen LogP contribution in [0.4, 0.5) is 5.69 Å². The molecular weight excluding hydrogens is 498 g/mol. The number of methoxy groups -OCH3 is 1. The van der Waals surface area contributed by atoms with E-state index in [1.165, 1.54) is 84.9 Å². The van der Waals surface area contributed by atoms with Gasteiger partial charge in [-0.3, -0.25) is 0 Å². The third-order valence-electron chi connectivity index (χ3n) is 9.72. The van der Waals surface area contributed by atoms with Crippen molar-refractivity contribution in [3.8, 4) is 11.3 Å². The molecule has 1 unspecified atom stereocenters. The number of ether oxygens (including phenoxy) is 1. The lowest BCUT2D eigenvalue weighted by Crippen LogP contribution is -2.42. The summed E-state index contributed by atoms with van der Waals surface area (Å²) < 4.78 is 7.95. The first-order valence-corrected chi connectivity index (χ1v) is 15.6. The van der Waals surface area contributed by atoms with Crippen LogP contribution in [0.3, 0.4) is 0 Å². The van der Waals surface area contributed by atoms with Crippen molar-refractivity contribution in [2.75, 3.05) is 51.3 Å². The van der Waals surface area contributed by atoms with Crippen LogP contribution < -0.4 is 4.90 Å². The SMILES string of the molecule is CCc1ccc2c(c1)N(CCN1CCCC(COC)C1)CCn1c-2c(C2CCCCC2)c2ccc(C(=O)O)cc21. The summed E-state index contributed by atoms with van der Waals surface area (Å²) in [5, 5.41) is 11.1. The van der Waals surface area contributed by atoms with E-state index in [1.807, 2.05) is 13.2 Å². The number of piperidine rings is 1. The second kappa shape index (κ2) is 12.0. The van der Waals surface area contributed by atoms with Gasteiger partial charge in [-0.15, -0.1) is 0 Å². The summed E-state index contributed by atoms with van der Waals surface area (Å²) in [5.41, 5.74) is 8.29. The van der Waals surface area contributed by atoms with Gasteiger partial charge in [0.25, 0.3) is 0 Å². The van der Waals surface area contributed by atoms with Gasteiger partial charge in [0.15, 0.2) is 0 Å². The minimum absolute atomic E-state index is 0.376. The van der Waals surface area contributed by atoms with E-state index < -0.39 is 5.97 Å². The van der Waals surface area contributed by atoms with Crippen LogP contribution in [0.2, 0.25) is 0 Å². The maximum absolute atomic E-state index is 12.0. The normalized spacial score (nSPS) is 20.4. The summed E-state index contributed by atoms with van der Waals surface area (Å²) in [4.78, 5) is 17.2. The number of carboxylic acids is 1. The number of aromatic nitrogens is 1. The molecule has 3 heterocycles. The van der Waals surface area contributed by atoms with Gasteiger partial charge in [-0.25, -0.2) is 4.79 Å². The van der Waals surface area contributed by atoms with Crippen molar-refractivity contribution in [2.24, 2.45) is 5.92 Å². The van der Waals surface area contributed by atoms with Gasteiger partial charge < -0.3 is 24.2 Å². The van der Waals surface area contributed by atoms with E-state index in [-0.39, 0.29) is 0 Å². The molecule has 0 amide bonds. The maximum Gasteiger partial charge on any atom is 0.335 e. The van der Waals surface area contributed by atoms with Crippen molar-refractivity contribution in [3.63, 3.8) is 0 Å². The fourth-order valence-electron chi connectivity index (χ4n) is 7.66. The van der Waals surface area contributed by atoms with Crippen LogP contribution in [0.1, 0.15) is 79.3 Å². The first-order valence-electron chi connectivity index (χ1n) is 15.6. The first-order chi connectivity index (χ1) is 19.6. The molecular formula is C34H45N3O3. The number of anilines is 1. The zero-order chi connectivity index (χ0) is 27.6. The topological polar surface area (TPSA) is 57.9 Å². The Hall–Kier alpha value is -2.83. The van der Waals surface area contributed by atoms with Gasteiger partial charge in [0.05, 0.1) is 17.9 Å². The van der Waals surface area contributed by atoms with Crippen LogP contribution in [0.5, 0.6) is 0 Å². The van der Waals surface area contributed by atoms with Crippen molar-refractivity contribution in [1.29, 1.82) is 0 Å². The molecule has 0 bridgehead atoms. The van der Waals surface area contributed by atoms with Gasteiger partial charge in [-0.05, 0) is 79.8 Å². The van der Waals surface area contributed by atoms with Crippen LogP contribution in [0.15, 0.2) is 36.4 Å². The number of nitrogens with zero attached hydrogens (tertiary/aromatic N) is 3. The highest BCUT2D eigenvalue weighted by atomic mass is 16.5. The highest BCUT2D eigenvalue weighted by molar-refractivity contribution is 5.99. The van der Waals surface area contributed by atoms with Crippen molar-refractivity contribution in [1.82, 2.24) is 9.47 Å². The molecule has 1 aliphatic carbocycles. The number of hydrogen-bond donors (Lipinski definition) is 1. The number of benzene rings is 2. The average Bonchev–Trinajstić information content (AvgIpc) is 3.22. The molecule has 2 aliphatic heterocycles. The molecule has 1 saturated heterocycles. The first kappa shape index (κ1) is 27.3. The van der Waals surface area contributed by atoms with E-state index in [0.717, 1.165) is 51.3 Å². The van der Waals surface area contributed by atoms with Gasteiger partial charge in [-0.1, -0.05) is 44.4 Å². The Labute approximate surface area is 238 Å². The number of hydrogen-bond acceptors (Lipinski definition) is 4.